The maximum absolute atomic E-state index is 2.46. The van der Waals surface area contributed by atoms with E-state index in [0.717, 1.165) is 12.5 Å². The molecule has 0 N–H and O–H groups in total. The summed E-state index contributed by atoms with van der Waals surface area (Å²) in [6, 6.07) is 10.9. The molecular weight excluding hydrogens is 230 g/mol. The van der Waals surface area contributed by atoms with Crippen LogP contribution in [0.3, 0.4) is 0 Å². The Bertz CT molecular complexity index is 417. The Kier molecular flexibility index (Phi) is 4.46. The van der Waals surface area contributed by atoms with Gasteiger partial charge in [-0.1, -0.05) is 56.3 Å². The highest BCUT2D eigenvalue weighted by Crippen LogP contribution is 2.38. The van der Waals surface area contributed by atoms with Gasteiger partial charge in [0, 0.05) is 6.54 Å². The van der Waals surface area contributed by atoms with Gasteiger partial charge in [0.1, 0.15) is 0 Å². The highest BCUT2D eigenvalue weighted by Gasteiger charge is 2.30. The summed E-state index contributed by atoms with van der Waals surface area (Å²) in [5.74, 6) is 1.44. The average Bonchev–Trinajstić information content (AvgIpc) is 2.33. The summed E-state index contributed by atoms with van der Waals surface area (Å²) < 4.78 is 0. The van der Waals surface area contributed by atoms with Gasteiger partial charge >= 0.3 is 0 Å². The van der Waals surface area contributed by atoms with Crippen molar-refractivity contribution in [1.29, 1.82) is 0 Å². The topological polar surface area (TPSA) is 3.24 Å². The molecule has 1 heteroatoms. The van der Waals surface area contributed by atoms with Crippen molar-refractivity contribution >= 4 is 0 Å². The zero-order valence-corrected chi connectivity index (χ0v) is 12.8. The zero-order valence-electron chi connectivity index (χ0n) is 12.8. The third kappa shape index (κ3) is 4.21. The summed E-state index contributed by atoms with van der Waals surface area (Å²) in [7, 11) is 4.35. The minimum Gasteiger partial charge on any atom is -0.309 e. The van der Waals surface area contributed by atoms with E-state index >= 15 is 0 Å². The predicted molar refractivity (Wildman–Crippen MR) is 83.2 cm³/mol. The zero-order chi connectivity index (χ0) is 13.9. The van der Waals surface area contributed by atoms with E-state index in [4.69, 9.17) is 0 Å². The van der Waals surface area contributed by atoms with E-state index in [1.54, 1.807) is 0 Å². The molecule has 0 heterocycles. The van der Waals surface area contributed by atoms with Crippen molar-refractivity contribution in [2.75, 3.05) is 20.6 Å². The standard InChI is InChI=1S/C18H27N/c1-18(2)11-10-16(14-19(3)4)17(13-18)12-15-8-6-5-7-9-15/h5-11,16-17H,12-14H2,1-4H3. The Labute approximate surface area is 118 Å². The van der Waals surface area contributed by atoms with Gasteiger partial charge in [-0.3, -0.25) is 0 Å². The summed E-state index contributed by atoms with van der Waals surface area (Å²) in [6.07, 6.45) is 7.36. The van der Waals surface area contributed by atoms with E-state index < -0.39 is 0 Å². The third-order valence-electron chi connectivity index (χ3n) is 4.11. The molecule has 1 aromatic carbocycles. The van der Waals surface area contributed by atoms with Gasteiger partial charge in [0.2, 0.25) is 0 Å². The SMILES string of the molecule is CN(C)CC1C=CC(C)(C)CC1Cc1ccccc1. The molecule has 0 bridgehead atoms. The molecule has 2 rings (SSSR count). The van der Waals surface area contributed by atoms with Crippen LogP contribution in [0.15, 0.2) is 42.5 Å². The number of hydrogen-bond donors (Lipinski definition) is 0. The number of benzene rings is 1. The molecule has 0 fully saturated rings. The van der Waals surface area contributed by atoms with E-state index in [0.29, 0.717) is 11.3 Å². The van der Waals surface area contributed by atoms with Crippen molar-refractivity contribution < 1.29 is 0 Å². The third-order valence-corrected chi connectivity index (χ3v) is 4.11. The van der Waals surface area contributed by atoms with E-state index in [1.165, 1.54) is 18.4 Å². The Morgan fingerprint density at radius 3 is 2.47 bits per heavy atom. The molecule has 19 heavy (non-hydrogen) atoms. The predicted octanol–water partition coefficient (Wildman–Crippen LogP) is 4.01. The Hall–Kier alpha value is -1.08. The molecule has 2 atom stereocenters. The van der Waals surface area contributed by atoms with Gasteiger partial charge in [-0.25, -0.2) is 0 Å². The van der Waals surface area contributed by atoms with Crippen LogP contribution >= 0.6 is 0 Å². The van der Waals surface area contributed by atoms with Crippen LogP contribution in [0.2, 0.25) is 0 Å². The molecule has 0 aromatic heterocycles. The summed E-state index contributed by atoms with van der Waals surface area (Å²) >= 11 is 0. The molecule has 104 valence electrons. The van der Waals surface area contributed by atoms with Crippen LogP contribution in [0.4, 0.5) is 0 Å². The lowest BCUT2D eigenvalue weighted by atomic mass is 9.70. The average molecular weight is 257 g/mol. The fourth-order valence-electron chi connectivity index (χ4n) is 3.21. The second-order valence-corrected chi connectivity index (χ2v) is 6.93. The van der Waals surface area contributed by atoms with E-state index in [1.807, 2.05) is 0 Å². The van der Waals surface area contributed by atoms with Gasteiger partial charge in [-0.15, -0.1) is 0 Å². The van der Waals surface area contributed by atoms with Crippen LogP contribution < -0.4 is 0 Å². The minimum absolute atomic E-state index is 0.349. The van der Waals surface area contributed by atoms with Crippen molar-refractivity contribution in [3.63, 3.8) is 0 Å². The van der Waals surface area contributed by atoms with E-state index in [9.17, 15) is 0 Å². The van der Waals surface area contributed by atoms with Crippen LogP contribution in [0.5, 0.6) is 0 Å². The van der Waals surface area contributed by atoms with Crippen LogP contribution in [0.25, 0.3) is 0 Å². The first-order valence-corrected chi connectivity index (χ1v) is 7.34. The normalized spacial score (nSPS) is 25.7. The molecule has 0 amide bonds. The largest absolute Gasteiger partial charge is 0.309 e. The van der Waals surface area contributed by atoms with Crippen LogP contribution in [0.1, 0.15) is 25.8 Å². The monoisotopic (exact) mass is 257 g/mol. The molecule has 0 aliphatic heterocycles. The molecule has 1 nitrogen and oxygen atoms in total. The quantitative estimate of drug-likeness (QED) is 0.737. The number of hydrogen-bond acceptors (Lipinski definition) is 1. The molecule has 0 spiro atoms. The first-order chi connectivity index (χ1) is 8.96. The van der Waals surface area contributed by atoms with Crippen LogP contribution in [-0.2, 0) is 6.42 Å². The second-order valence-electron chi connectivity index (χ2n) is 6.93. The van der Waals surface area contributed by atoms with Crippen molar-refractivity contribution in [3.8, 4) is 0 Å². The molecule has 1 aromatic rings. The van der Waals surface area contributed by atoms with Crippen molar-refractivity contribution in [1.82, 2.24) is 4.90 Å². The fourth-order valence-corrected chi connectivity index (χ4v) is 3.21. The lowest BCUT2D eigenvalue weighted by Crippen LogP contribution is -2.33. The second kappa shape index (κ2) is 5.92. The Balaban J connectivity index is 2.12. The van der Waals surface area contributed by atoms with Crippen LogP contribution in [-0.4, -0.2) is 25.5 Å². The smallest absolute Gasteiger partial charge is 0.00410 e. The summed E-state index contributed by atoms with van der Waals surface area (Å²) in [4.78, 5) is 2.31. The summed E-state index contributed by atoms with van der Waals surface area (Å²) in [5, 5.41) is 0. The summed E-state index contributed by atoms with van der Waals surface area (Å²) in [6.45, 7) is 5.87. The lowest BCUT2D eigenvalue weighted by molar-refractivity contribution is 0.211. The number of nitrogens with zero attached hydrogens (tertiary/aromatic N) is 1. The molecular formula is C18H27N. The number of allylic oxidation sites excluding steroid dienone is 1. The van der Waals surface area contributed by atoms with Crippen molar-refractivity contribution in [3.05, 3.63) is 48.0 Å². The Morgan fingerprint density at radius 1 is 1.16 bits per heavy atom. The molecule has 1 aliphatic carbocycles. The lowest BCUT2D eigenvalue weighted by Gasteiger charge is -2.37. The summed E-state index contributed by atoms with van der Waals surface area (Å²) in [5.41, 5.74) is 1.82. The highest BCUT2D eigenvalue weighted by atomic mass is 15.1. The van der Waals surface area contributed by atoms with Gasteiger partial charge in [0.25, 0.3) is 0 Å². The van der Waals surface area contributed by atoms with Gasteiger partial charge in [-0.05, 0) is 49.8 Å². The maximum atomic E-state index is 2.46. The molecule has 0 saturated carbocycles. The van der Waals surface area contributed by atoms with E-state index in [2.05, 4.69) is 75.3 Å². The van der Waals surface area contributed by atoms with Gasteiger partial charge in [0.15, 0.2) is 0 Å². The minimum atomic E-state index is 0.349. The molecule has 2 unspecified atom stereocenters. The maximum Gasteiger partial charge on any atom is 0.00410 e. The molecule has 1 aliphatic rings. The Morgan fingerprint density at radius 2 is 1.84 bits per heavy atom. The van der Waals surface area contributed by atoms with E-state index in [-0.39, 0.29) is 0 Å². The fraction of sp³-hybridized carbons (Fsp3) is 0.556. The van der Waals surface area contributed by atoms with Gasteiger partial charge in [-0.2, -0.15) is 0 Å². The van der Waals surface area contributed by atoms with Crippen molar-refractivity contribution in [2.45, 2.75) is 26.7 Å². The highest BCUT2D eigenvalue weighted by molar-refractivity contribution is 5.17. The van der Waals surface area contributed by atoms with Crippen LogP contribution in [0, 0.1) is 17.3 Å². The van der Waals surface area contributed by atoms with Gasteiger partial charge < -0.3 is 4.90 Å². The molecule has 0 saturated heterocycles. The number of rotatable bonds is 4. The first-order valence-electron chi connectivity index (χ1n) is 7.34. The van der Waals surface area contributed by atoms with Crippen molar-refractivity contribution in [2.24, 2.45) is 17.3 Å². The van der Waals surface area contributed by atoms with Gasteiger partial charge in [0.05, 0.1) is 0 Å². The molecule has 0 radical (unpaired) electrons. The first kappa shape index (κ1) is 14.3.